The molecule has 30 heavy (non-hydrogen) atoms. The Labute approximate surface area is 176 Å². The van der Waals surface area contributed by atoms with Crippen molar-refractivity contribution in [3.8, 4) is 17.0 Å². The fraction of sp³-hybridized carbons (Fsp3) is 0.154. The van der Waals surface area contributed by atoms with E-state index in [0.29, 0.717) is 11.5 Å². The van der Waals surface area contributed by atoms with E-state index in [-0.39, 0.29) is 5.91 Å². The third-order valence-corrected chi connectivity index (χ3v) is 5.16. The standard InChI is InChI=1S/C26H24N2O2/c1-17(2)18-11-13-20(14-12-18)27-26(29)23-16-25(19-7-6-8-21(15-19)30-3)28-24-10-5-4-9-22(23)24/h4-17H,1-3H3,(H,27,29). The van der Waals surface area contributed by atoms with Gasteiger partial charge >= 0.3 is 0 Å². The van der Waals surface area contributed by atoms with E-state index in [0.717, 1.165) is 33.6 Å². The number of pyridine rings is 1. The Bertz CT molecular complexity index is 1200. The fourth-order valence-electron chi connectivity index (χ4n) is 3.44. The lowest BCUT2D eigenvalue weighted by atomic mass is 10.0. The van der Waals surface area contributed by atoms with Crippen LogP contribution >= 0.6 is 0 Å². The van der Waals surface area contributed by atoms with Crippen LogP contribution < -0.4 is 10.1 Å². The lowest BCUT2D eigenvalue weighted by Crippen LogP contribution is -2.13. The molecule has 0 saturated heterocycles. The van der Waals surface area contributed by atoms with Crippen LogP contribution in [-0.2, 0) is 0 Å². The van der Waals surface area contributed by atoms with Gasteiger partial charge in [-0.25, -0.2) is 4.98 Å². The minimum atomic E-state index is -0.157. The summed E-state index contributed by atoms with van der Waals surface area (Å²) < 4.78 is 5.34. The van der Waals surface area contributed by atoms with Gasteiger partial charge in [-0.05, 0) is 47.9 Å². The maximum atomic E-state index is 13.2. The van der Waals surface area contributed by atoms with Crippen molar-refractivity contribution in [1.82, 2.24) is 4.98 Å². The monoisotopic (exact) mass is 396 g/mol. The third kappa shape index (κ3) is 4.03. The second kappa shape index (κ2) is 8.37. The summed E-state index contributed by atoms with van der Waals surface area (Å²) in [5.74, 6) is 1.04. The first kappa shape index (κ1) is 19.6. The van der Waals surface area contributed by atoms with E-state index in [4.69, 9.17) is 9.72 Å². The number of aromatic nitrogens is 1. The highest BCUT2D eigenvalue weighted by Crippen LogP contribution is 2.28. The van der Waals surface area contributed by atoms with Crippen molar-refractivity contribution in [2.45, 2.75) is 19.8 Å². The summed E-state index contributed by atoms with van der Waals surface area (Å²) in [7, 11) is 1.64. The average Bonchev–Trinajstić information content (AvgIpc) is 2.78. The van der Waals surface area contributed by atoms with Gasteiger partial charge in [-0.3, -0.25) is 4.79 Å². The Kier molecular flexibility index (Phi) is 5.48. The third-order valence-electron chi connectivity index (χ3n) is 5.16. The SMILES string of the molecule is COc1cccc(-c2cc(C(=O)Nc3ccc(C(C)C)cc3)c3ccccc3n2)c1. The minimum absolute atomic E-state index is 0.157. The lowest BCUT2D eigenvalue weighted by molar-refractivity contribution is 0.102. The summed E-state index contributed by atoms with van der Waals surface area (Å²) in [5.41, 5.74) is 5.00. The molecule has 1 N–H and O–H groups in total. The average molecular weight is 396 g/mol. The normalized spacial score (nSPS) is 10.9. The number of anilines is 1. The molecule has 0 bridgehead atoms. The Morgan fingerprint density at radius 2 is 1.70 bits per heavy atom. The van der Waals surface area contributed by atoms with Gasteiger partial charge in [0.1, 0.15) is 5.75 Å². The minimum Gasteiger partial charge on any atom is -0.497 e. The molecule has 0 aliphatic heterocycles. The zero-order valence-corrected chi connectivity index (χ0v) is 17.3. The number of carbonyl (C=O) groups is 1. The molecule has 4 aromatic rings. The van der Waals surface area contributed by atoms with Crippen LogP contribution in [0.15, 0.2) is 78.9 Å². The molecule has 0 atom stereocenters. The van der Waals surface area contributed by atoms with Gasteiger partial charge in [0, 0.05) is 16.6 Å². The van der Waals surface area contributed by atoms with E-state index in [1.165, 1.54) is 5.56 Å². The quantitative estimate of drug-likeness (QED) is 0.431. The molecule has 4 nitrogen and oxygen atoms in total. The smallest absolute Gasteiger partial charge is 0.256 e. The molecule has 0 spiro atoms. The van der Waals surface area contributed by atoms with Crippen molar-refractivity contribution in [2.75, 3.05) is 12.4 Å². The summed E-state index contributed by atoms with van der Waals surface area (Å²) in [6.07, 6.45) is 0. The summed E-state index contributed by atoms with van der Waals surface area (Å²) in [6, 6.07) is 25.2. The van der Waals surface area contributed by atoms with Crippen LogP contribution in [0.1, 0.15) is 35.7 Å². The van der Waals surface area contributed by atoms with E-state index in [1.54, 1.807) is 7.11 Å². The van der Waals surface area contributed by atoms with Gasteiger partial charge in [-0.2, -0.15) is 0 Å². The van der Waals surface area contributed by atoms with Gasteiger partial charge in [0.25, 0.3) is 5.91 Å². The van der Waals surface area contributed by atoms with Crippen LogP contribution in [0.5, 0.6) is 5.75 Å². The predicted molar refractivity (Wildman–Crippen MR) is 122 cm³/mol. The molecular formula is C26H24N2O2. The summed E-state index contributed by atoms with van der Waals surface area (Å²) in [5, 5.41) is 3.85. The number of carbonyl (C=O) groups excluding carboxylic acids is 1. The van der Waals surface area contributed by atoms with Crippen molar-refractivity contribution in [2.24, 2.45) is 0 Å². The number of para-hydroxylation sites is 1. The number of hydrogen-bond acceptors (Lipinski definition) is 3. The van der Waals surface area contributed by atoms with Gasteiger partial charge in [0.05, 0.1) is 23.9 Å². The Hall–Kier alpha value is -3.66. The van der Waals surface area contributed by atoms with E-state index in [9.17, 15) is 4.79 Å². The Morgan fingerprint density at radius 1 is 0.933 bits per heavy atom. The number of rotatable bonds is 5. The Balaban J connectivity index is 1.74. The molecule has 1 aromatic heterocycles. The topological polar surface area (TPSA) is 51.2 Å². The number of methoxy groups -OCH3 is 1. The number of fused-ring (bicyclic) bond motifs is 1. The molecule has 0 radical (unpaired) electrons. The van der Waals surface area contributed by atoms with Crippen molar-refractivity contribution in [3.05, 3.63) is 90.0 Å². The van der Waals surface area contributed by atoms with E-state index < -0.39 is 0 Å². The first-order valence-corrected chi connectivity index (χ1v) is 10.0. The zero-order valence-electron chi connectivity index (χ0n) is 17.3. The van der Waals surface area contributed by atoms with Crippen molar-refractivity contribution >= 4 is 22.5 Å². The first-order valence-electron chi connectivity index (χ1n) is 10.0. The number of benzene rings is 3. The first-order chi connectivity index (χ1) is 14.5. The number of amides is 1. The maximum absolute atomic E-state index is 13.2. The van der Waals surface area contributed by atoms with Crippen LogP contribution in [0.4, 0.5) is 5.69 Å². The molecule has 3 aromatic carbocycles. The Morgan fingerprint density at radius 3 is 2.43 bits per heavy atom. The molecule has 0 aliphatic rings. The fourth-order valence-corrected chi connectivity index (χ4v) is 3.44. The zero-order chi connectivity index (χ0) is 21.1. The summed E-state index contributed by atoms with van der Waals surface area (Å²) in [4.78, 5) is 18.0. The molecule has 0 unspecified atom stereocenters. The van der Waals surface area contributed by atoms with E-state index >= 15 is 0 Å². The van der Waals surface area contributed by atoms with Crippen LogP contribution in [0.3, 0.4) is 0 Å². The largest absolute Gasteiger partial charge is 0.497 e. The molecule has 0 aliphatic carbocycles. The van der Waals surface area contributed by atoms with Crippen LogP contribution in [0, 0.1) is 0 Å². The van der Waals surface area contributed by atoms with E-state index in [2.05, 4.69) is 19.2 Å². The van der Waals surface area contributed by atoms with E-state index in [1.807, 2.05) is 78.9 Å². The molecule has 4 rings (SSSR count). The molecule has 1 heterocycles. The van der Waals surface area contributed by atoms with Crippen molar-refractivity contribution in [3.63, 3.8) is 0 Å². The predicted octanol–water partition coefficient (Wildman–Crippen LogP) is 6.29. The second-order valence-electron chi connectivity index (χ2n) is 7.53. The summed E-state index contributed by atoms with van der Waals surface area (Å²) in [6.45, 7) is 4.30. The molecule has 0 fully saturated rings. The van der Waals surface area contributed by atoms with Crippen LogP contribution in [-0.4, -0.2) is 18.0 Å². The second-order valence-corrected chi connectivity index (χ2v) is 7.53. The number of ether oxygens (including phenoxy) is 1. The van der Waals surface area contributed by atoms with Crippen molar-refractivity contribution in [1.29, 1.82) is 0 Å². The molecule has 1 amide bonds. The molecule has 150 valence electrons. The van der Waals surface area contributed by atoms with Crippen LogP contribution in [0.2, 0.25) is 0 Å². The maximum Gasteiger partial charge on any atom is 0.256 e. The number of hydrogen-bond donors (Lipinski definition) is 1. The molecule has 0 saturated carbocycles. The van der Waals surface area contributed by atoms with Gasteiger partial charge in [0.15, 0.2) is 0 Å². The van der Waals surface area contributed by atoms with Gasteiger partial charge < -0.3 is 10.1 Å². The van der Waals surface area contributed by atoms with Gasteiger partial charge in [0.2, 0.25) is 0 Å². The number of nitrogens with zero attached hydrogens (tertiary/aromatic N) is 1. The lowest BCUT2D eigenvalue weighted by Gasteiger charge is -2.12. The van der Waals surface area contributed by atoms with Crippen LogP contribution in [0.25, 0.3) is 22.2 Å². The number of nitrogens with one attached hydrogen (secondary N) is 1. The highest BCUT2D eigenvalue weighted by Gasteiger charge is 2.15. The summed E-state index contributed by atoms with van der Waals surface area (Å²) >= 11 is 0. The highest BCUT2D eigenvalue weighted by molar-refractivity contribution is 6.13. The van der Waals surface area contributed by atoms with Gasteiger partial charge in [-0.15, -0.1) is 0 Å². The highest BCUT2D eigenvalue weighted by atomic mass is 16.5. The molecule has 4 heteroatoms. The van der Waals surface area contributed by atoms with Crippen molar-refractivity contribution < 1.29 is 9.53 Å². The van der Waals surface area contributed by atoms with Gasteiger partial charge in [-0.1, -0.05) is 56.3 Å². The molecular weight excluding hydrogens is 372 g/mol.